The Bertz CT molecular complexity index is 823. The number of aryl methyl sites for hydroxylation is 3. The van der Waals surface area contributed by atoms with Crippen molar-refractivity contribution < 1.29 is 9.59 Å². The second-order valence-electron chi connectivity index (χ2n) is 6.96. The number of nitrogens with zero attached hydrogens (tertiary/aromatic N) is 4. The summed E-state index contributed by atoms with van der Waals surface area (Å²) in [6, 6.07) is 0. The zero-order valence-corrected chi connectivity index (χ0v) is 17.0. The van der Waals surface area contributed by atoms with Crippen molar-refractivity contribution in [2.75, 3.05) is 18.0 Å². The molecule has 0 saturated carbocycles. The molecule has 4 rings (SSSR count). The first-order valence-corrected chi connectivity index (χ1v) is 11.1. The van der Waals surface area contributed by atoms with Crippen LogP contribution in [0, 0.1) is 5.92 Å². The highest BCUT2D eigenvalue weighted by atomic mass is 32.1. The van der Waals surface area contributed by atoms with Gasteiger partial charge in [0.2, 0.25) is 16.9 Å². The molecule has 0 aromatic carbocycles. The van der Waals surface area contributed by atoms with E-state index in [9.17, 15) is 9.59 Å². The molecule has 1 N–H and O–H groups in total. The Hall–Kier alpha value is -1.87. The Morgan fingerprint density at radius 2 is 2.07 bits per heavy atom. The number of fused-ring (bicyclic) bond motifs is 1. The molecule has 1 aliphatic carbocycles. The molecule has 1 atom stereocenters. The van der Waals surface area contributed by atoms with Gasteiger partial charge in [-0.15, -0.1) is 21.5 Å². The van der Waals surface area contributed by atoms with Gasteiger partial charge in [-0.05, 0) is 32.1 Å². The van der Waals surface area contributed by atoms with E-state index in [0.29, 0.717) is 18.2 Å². The third-order valence-electron chi connectivity index (χ3n) is 5.01. The summed E-state index contributed by atoms with van der Waals surface area (Å²) < 4.78 is 0. The number of carbonyl (C=O) groups is 2. The highest BCUT2D eigenvalue weighted by Crippen LogP contribution is 2.29. The van der Waals surface area contributed by atoms with E-state index >= 15 is 0 Å². The van der Waals surface area contributed by atoms with Gasteiger partial charge in [0.05, 0.1) is 16.6 Å². The Morgan fingerprint density at radius 1 is 1.22 bits per heavy atom. The summed E-state index contributed by atoms with van der Waals surface area (Å²) in [5.74, 6) is -0.440. The van der Waals surface area contributed by atoms with E-state index < -0.39 is 0 Å². The summed E-state index contributed by atoms with van der Waals surface area (Å²) in [5.41, 5.74) is 1.26. The van der Waals surface area contributed by atoms with E-state index in [1.807, 2.05) is 6.92 Å². The van der Waals surface area contributed by atoms with E-state index in [4.69, 9.17) is 4.98 Å². The van der Waals surface area contributed by atoms with Crippen LogP contribution < -0.4 is 10.2 Å². The number of anilines is 1. The molecule has 1 saturated heterocycles. The van der Waals surface area contributed by atoms with Gasteiger partial charge in [-0.3, -0.25) is 14.5 Å². The SMILES string of the molecule is CCc1nnc(N2CC(C(=O)NCCc3nc4c(s3)CCCC4)CC2=O)s1. The molecule has 0 bridgehead atoms. The van der Waals surface area contributed by atoms with Crippen molar-refractivity contribution in [1.82, 2.24) is 20.5 Å². The summed E-state index contributed by atoms with van der Waals surface area (Å²) in [7, 11) is 0. The van der Waals surface area contributed by atoms with Crippen molar-refractivity contribution in [2.24, 2.45) is 5.92 Å². The molecule has 7 nitrogen and oxygen atoms in total. The van der Waals surface area contributed by atoms with Crippen LogP contribution in [0.15, 0.2) is 0 Å². The number of hydrogen-bond acceptors (Lipinski definition) is 7. The van der Waals surface area contributed by atoms with Crippen LogP contribution in [0.3, 0.4) is 0 Å². The molecule has 1 unspecified atom stereocenters. The molecule has 1 aliphatic heterocycles. The summed E-state index contributed by atoms with van der Waals surface area (Å²) in [6.45, 7) is 2.95. The van der Waals surface area contributed by atoms with Gasteiger partial charge < -0.3 is 5.32 Å². The lowest BCUT2D eigenvalue weighted by Gasteiger charge is -2.12. The number of hydrogen-bond donors (Lipinski definition) is 1. The standard InChI is InChI=1S/C18H23N5O2S2/c1-2-14-21-22-18(27-14)23-10-11(9-16(23)24)17(25)19-8-7-15-20-12-5-3-4-6-13(12)26-15/h11H,2-10H2,1H3,(H,19,25). The highest BCUT2D eigenvalue weighted by molar-refractivity contribution is 7.15. The van der Waals surface area contributed by atoms with Gasteiger partial charge in [0, 0.05) is 30.8 Å². The van der Waals surface area contributed by atoms with Crippen molar-refractivity contribution in [3.05, 3.63) is 20.6 Å². The van der Waals surface area contributed by atoms with Crippen molar-refractivity contribution in [3.8, 4) is 0 Å². The average Bonchev–Trinajstić information content (AvgIpc) is 3.38. The Balaban J connectivity index is 1.28. The monoisotopic (exact) mass is 405 g/mol. The molecule has 1 fully saturated rings. The molecule has 3 heterocycles. The van der Waals surface area contributed by atoms with Crippen LogP contribution in [0.5, 0.6) is 0 Å². The summed E-state index contributed by atoms with van der Waals surface area (Å²) >= 11 is 3.20. The lowest BCUT2D eigenvalue weighted by Crippen LogP contribution is -2.34. The van der Waals surface area contributed by atoms with Crippen LogP contribution >= 0.6 is 22.7 Å². The number of rotatable bonds is 6. The second-order valence-corrected chi connectivity index (χ2v) is 9.17. The summed E-state index contributed by atoms with van der Waals surface area (Å²) in [6.07, 6.45) is 6.50. The zero-order chi connectivity index (χ0) is 18.8. The fraction of sp³-hybridized carbons (Fsp3) is 0.611. The smallest absolute Gasteiger partial charge is 0.229 e. The number of aromatic nitrogens is 3. The molecule has 2 aliphatic rings. The Morgan fingerprint density at radius 3 is 2.85 bits per heavy atom. The minimum absolute atomic E-state index is 0.0541. The molecule has 144 valence electrons. The number of nitrogens with one attached hydrogen (secondary N) is 1. The van der Waals surface area contributed by atoms with Crippen molar-refractivity contribution >= 4 is 39.6 Å². The predicted octanol–water partition coefficient (Wildman–Crippen LogP) is 2.15. The van der Waals surface area contributed by atoms with Crippen molar-refractivity contribution in [3.63, 3.8) is 0 Å². The molecule has 2 aromatic heterocycles. The summed E-state index contributed by atoms with van der Waals surface area (Å²) in [4.78, 5) is 32.5. The summed E-state index contributed by atoms with van der Waals surface area (Å²) in [5, 5.41) is 13.7. The largest absolute Gasteiger partial charge is 0.355 e. The highest BCUT2D eigenvalue weighted by Gasteiger charge is 2.36. The zero-order valence-electron chi connectivity index (χ0n) is 15.4. The topological polar surface area (TPSA) is 88.1 Å². The normalized spacial score (nSPS) is 19.4. The maximum Gasteiger partial charge on any atom is 0.229 e. The van der Waals surface area contributed by atoms with E-state index in [1.165, 1.54) is 34.7 Å². The van der Waals surface area contributed by atoms with Gasteiger partial charge in [-0.2, -0.15) is 0 Å². The fourth-order valence-corrected chi connectivity index (χ4v) is 5.48. The van der Waals surface area contributed by atoms with Gasteiger partial charge in [-0.1, -0.05) is 18.3 Å². The lowest BCUT2D eigenvalue weighted by molar-refractivity contribution is -0.126. The Kier molecular flexibility index (Phi) is 5.49. The van der Waals surface area contributed by atoms with Crippen LogP contribution in [-0.2, 0) is 35.3 Å². The minimum Gasteiger partial charge on any atom is -0.355 e. The number of thiazole rings is 1. The van der Waals surface area contributed by atoms with Crippen LogP contribution in [0.25, 0.3) is 0 Å². The van der Waals surface area contributed by atoms with Crippen LogP contribution in [-0.4, -0.2) is 40.1 Å². The molecule has 27 heavy (non-hydrogen) atoms. The minimum atomic E-state index is -0.323. The molecular formula is C18H23N5O2S2. The van der Waals surface area contributed by atoms with Crippen molar-refractivity contribution in [1.29, 1.82) is 0 Å². The first kappa shape index (κ1) is 18.5. The first-order chi connectivity index (χ1) is 13.1. The van der Waals surface area contributed by atoms with Gasteiger partial charge in [0.1, 0.15) is 5.01 Å². The molecular weight excluding hydrogens is 382 g/mol. The first-order valence-electron chi connectivity index (χ1n) is 9.52. The van der Waals surface area contributed by atoms with Crippen LogP contribution in [0.2, 0.25) is 0 Å². The molecule has 2 aromatic rings. The average molecular weight is 406 g/mol. The second kappa shape index (κ2) is 8.02. The van der Waals surface area contributed by atoms with Gasteiger partial charge in [0.25, 0.3) is 0 Å². The number of carbonyl (C=O) groups excluding carboxylic acids is 2. The van der Waals surface area contributed by atoms with Crippen LogP contribution in [0.4, 0.5) is 5.13 Å². The van der Waals surface area contributed by atoms with E-state index in [1.54, 1.807) is 16.2 Å². The molecule has 9 heteroatoms. The lowest BCUT2D eigenvalue weighted by atomic mass is 10.0. The van der Waals surface area contributed by atoms with E-state index in [0.717, 1.165) is 35.7 Å². The maximum atomic E-state index is 12.5. The van der Waals surface area contributed by atoms with Gasteiger partial charge in [-0.25, -0.2) is 4.98 Å². The maximum absolute atomic E-state index is 12.5. The third-order valence-corrected chi connectivity index (χ3v) is 7.32. The van der Waals surface area contributed by atoms with Gasteiger partial charge in [0.15, 0.2) is 0 Å². The third kappa shape index (κ3) is 4.03. The molecule has 0 spiro atoms. The predicted molar refractivity (Wildman–Crippen MR) is 105 cm³/mol. The molecule has 0 radical (unpaired) electrons. The molecule has 2 amide bonds. The van der Waals surface area contributed by atoms with E-state index in [-0.39, 0.29) is 24.2 Å². The van der Waals surface area contributed by atoms with Gasteiger partial charge >= 0.3 is 0 Å². The van der Waals surface area contributed by atoms with E-state index in [2.05, 4.69) is 15.5 Å². The Labute approximate surface area is 166 Å². The van der Waals surface area contributed by atoms with Crippen LogP contribution in [0.1, 0.15) is 46.8 Å². The van der Waals surface area contributed by atoms with Crippen molar-refractivity contribution in [2.45, 2.75) is 51.9 Å². The fourth-order valence-electron chi connectivity index (χ4n) is 3.51. The quantitative estimate of drug-likeness (QED) is 0.796. The number of amides is 2.